The van der Waals surface area contributed by atoms with Crippen LogP contribution in [0.4, 0.5) is 0 Å². The third kappa shape index (κ3) is 24.0. The first-order valence-corrected chi connectivity index (χ1v) is 14.6. The Hall–Kier alpha value is -1.10. The number of unbranched alkanes of at least 4 members (excludes halogenated alkanes) is 18. The monoisotopic (exact) mass is 484 g/mol. The van der Waals surface area contributed by atoms with Gasteiger partial charge in [-0.2, -0.15) is 0 Å². The molecule has 1 atom stereocenters. The Morgan fingerprint density at radius 2 is 0.912 bits per heavy atom. The maximum Gasteiger partial charge on any atom is 0.306 e. The molecule has 0 aliphatic rings. The minimum absolute atomic E-state index is 0.0587. The molecule has 0 bridgehead atoms. The molecule has 34 heavy (non-hydrogen) atoms. The normalized spacial score (nSPS) is 12.0. The van der Waals surface area contributed by atoms with Crippen molar-refractivity contribution < 1.29 is 24.2 Å². The highest BCUT2D eigenvalue weighted by Gasteiger charge is 2.16. The summed E-state index contributed by atoms with van der Waals surface area (Å²) in [4.78, 5) is 23.9. The molecule has 0 aromatic carbocycles. The fourth-order valence-corrected chi connectivity index (χ4v) is 4.14. The molecule has 0 rings (SSSR count). The number of carbonyl (C=O) groups excluding carboxylic acids is 2. The molecular weight excluding hydrogens is 428 g/mol. The van der Waals surface area contributed by atoms with Gasteiger partial charge in [0.15, 0.2) is 6.10 Å². The summed E-state index contributed by atoms with van der Waals surface area (Å²) in [6, 6.07) is 0. The highest BCUT2D eigenvalue weighted by Crippen LogP contribution is 2.13. The third-order valence-electron chi connectivity index (χ3n) is 6.40. The van der Waals surface area contributed by atoms with Crippen LogP contribution in [0.1, 0.15) is 155 Å². The van der Waals surface area contributed by atoms with Gasteiger partial charge in [-0.15, -0.1) is 0 Å². The molecule has 0 saturated carbocycles. The molecule has 0 amide bonds. The predicted octanol–water partition coefficient (Wildman–Crippen LogP) is 8.06. The number of hydrogen-bond donors (Lipinski definition) is 1. The van der Waals surface area contributed by atoms with Crippen molar-refractivity contribution in [1.82, 2.24) is 0 Å². The second-order valence-corrected chi connectivity index (χ2v) is 9.84. The van der Waals surface area contributed by atoms with E-state index < -0.39 is 6.10 Å². The van der Waals surface area contributed by atoms with Gasteiger partial charge in [0.25, 0.3) is 0 Å². The zero-order valence-electron chi connectivity index (χ0n) is 22.6. The quantitative estimate of drug-likeness (QED) is 0.0992. The standard InChI is InChI=1S/C29H56O5/c1-3-5-7-9-11-13-14-16-17-19-21-23-28(31)33-26-27(25-30)34-29(32)24-22-20-18-15-12-10-8-6-4-2/h27,30H,3-26H2,1-2H3/t27-/m0/s1. The molecule has 0 saturated heterocycles. The first-order valence-electron chi connectivity index (χ1n) is 14.6. The van der Waals surface area contributed by atoms with Crippen LogP contribution in [0.3, 0.4) is 0 Å². The third-order valence-corrected chi connectivity index (χ3v) is 6.40. The van der Waals surface area contributed by atoms with Crippen LogP contribution in [0.25, 0.3) is 0 Å². The van der Waals surface area contributed by atoms with E-state index in [0.29, 0.717) is 12.8 Å². The minimum Gasteiger partial charge on any atom is -0.462 e. The first-order chi connectivity index (χ1) is 16.6. The summed E-state index contributed by atoms with van der Waals surface area (Å²) in [6.07, 6.45) is 24.4. The Balaban J connectivity index is 3.58. The van der Waals surface area contributed by atoms with Gasteiger partial charge in [-0.25, -0.2) is 0 Å². The van der Waals surface area contributed by atoms with Gasteiger partial charge in [0.1, 0.15) is 6.61 Å². The number of ether oxygens (including phenoxy) is 2. The van der Waals surface area contributed by atoms with Gasteiger partial charge in [-0.1, -0.05) is 129 Å². The van der Waals surface area contributed by atoms with Gasteiger partial charge in [-0.05, 0) is 12.8 Å². The maximum atomic E-state index is 12.0. The Morgan fingerprint density at radius 1 is 0.559 bits per heavy atom. The maximum absolute atomic E-state index is 12.0. The van der Waals surface area contributed by atoms with E-state index in [2.05, 4.69) is 13.8 Å². The van der Waals surface area contributed by atoms with Crippen LogP contribution in [0.15, 0.2) is 0 Å². The molecule has 0 aliphatic carbocycles. The van der Waals surface area contributed by atoms with Crippen LogP contribution in [0, 0.1) is 0 Å². The molecule has 1 N–H and O–H groups in total. The van der Waals surface area contributed by atoms with Crippen LogP contribution in [0.5, 0.6) is 0 Å². The lowest BCUT2D eigenvalue weighted by Crippen LogP contribution is -2.28. The fourth-order valence-electron chi connectivity index (χ4n) is 4.14. The second kappa shape index (κ2) is 26.5. The molecule has 0 aromatic rings. The second-order valence-electron chi connectivity index (χ2n) is 9.84. The summed E-state index contributed by atoms with van der Waals surface area (Å²) >= 11 is 0. The van der Waals surface area contributed by atoms with Crippen LogP contribution in [-0.2, 0) is 19.1 Å². The van der Waals surface area contributed by atoms with Crippen molar-refractivity contribution in [3.63, 3.8) is 0 Å². The molecule has 0 radical (unpaired) electrons. The smallest absolute Gasteiger partial charge is 0.306 e. The van der Waals surface area contributed by atoms with Gasteiger partial charge in [-0.3, -0.25) is 9.59 Å². The number of rotatable bonds is 26. The SMILES string of the molecule is CCCCCCCCCCCCCC(=O)OC[C@H](CO)OC(=O)CCCCCCCCCCC. The summed E-state index contributed by atoms with van der Waals surface area (Å²) < 4.78 is 10.5. The molecule has 0 heterocycles. The average molecular weight is 485 g/mol. The van der Waals surface area contributed by atoms with Crippen molar-refractivity contribution in [3.05, 3.63) is 0 Å². The lowest BCUT2D eigenvalue weighted by atomic mass is 10.1. The largest absolute Gasteiger partial charge is 0.462 e. The van der Waals surface area contributed by atoms with Crippen LogP contribution < -0.4 is 0 Å². The molecule has 0 fully saturated rings. The van der Waals surface area contributed by atoms with Crippen LogP contribution in [-0.4, -0.2) is 36.4 Å². The summed E-state index contributed by atoms with van der Waals surface area (Å²) in [5.74, 6) is -0.590. The van der Waals surface area contributed by atoms with Gasteiger partial charge < -0.3 is 14.6 Å². The van der Waals surface area contributed by atoms with E-state index in [1.807, 2.05) is 0 Å². The van der Waals surface area contributed by atoms with Crippen molar-refractivity contribution in [2.45, 2.75) is 161 Å². The Morgan fingerprint density at radius 3 is 1.29 bits per heavy atom. The van der Waals surface area contributed by atoms with Crippen molar-refractivity contribution in [2.24, 2.45) is 0 Å². The summed E-state index contributed by atoms with van der Waals surface area (Å²) in [5, 5.41) is 9.43. The Labute approximate surface area is 210 Å². The lowest BCUT2D eigenvalue weighted by Gasteiger charge is -2.15. The molecule has 202 valence electrons. The van der Waals surface area contributed by atoms with E-state index in [4.69, 9.17) is 9.47 Å². The molecular formula is C29H56O5. The number of aliphatic hydroxyl groups is 1. The van der Waals surface area contributed by atoms with Gasteiger partial charge in [0.05, 0.1) is 6.61 Å². The zero-order chi connectivity index (χ0) is 25.1. The number of carbonyl (C=O) groups is 2. The number of hydrogen-bond acceptors (Lipinski definition) is 5. The summed E-state index contributed by atoms with van der Waals surface area (Å²) in [6.45, 7) is 4.09. The Bertz CT molecular complexity index is 452. The van der Waals surface area contributed by atoms with E-state index in [1.165, 1.54) is 89.9 Å². The zero-order valence-corrected chi connectivity index (χ0v) is 22.6. The van der Waals surface area contributed by atoms with Gasteiger partial charge in [0.2, 0.25) is 0 Å². The van der Waals surface area contributed by atoms with Crippen molar-refractivity contribution >= 4 is 11.9 Å². The summed E-state index contributed by atoms with van der Waals surface area (Å²) in [5.41, 5.74) is 0. The van der Waals surface area contributed by atoms with Crippen molar-refractivity contribution in [1.29, 1.82) is 0 Å². The highest BCUT2D eigenvalue weighted by atomic mass is 16.6. The molecule has 0 unspecified atom stereocenters. The van der Waals surface area contributed by atoms with Crippen molar-refractivity contribution in [2.75, 3.05) is 13.2 Å². The number of aliphatic hydroxyl groups excluding tert-OH is 1. The minimum atomic E-state index is -0.757. The molecule has 5 heteroatoms. The molecule has 5 nitrogen and oxygen atoms in total. The van der Waals surface area contributed by atoms with E-state index in [1.54, 1.807) is 0 Å². The Kier molecular flexibility index (Phi) is 25.6. The van der Waals surface area contributed by atoms with Gasteiger partial charge >= 0.3 is 11.9 Å². The highest BCUT2D eigenvalue weighted by molar-refractivity contribution is 5.70. The van der Waals surface area contributed by atoms with Crippen molar-refractivity contribution in [3.8, 4) is 0 Å². The molecule has 0 aromatic heterocycles. The topological polar surface area (TPSA) is 72.8 Å². The van der Waals surface area contributed by atoms with Gasteiger partial charge in [0, 0.05) is 12.8 Å². The van der Waals surface area contributed by atoms with E-state index >= 15 is 0 Å². The predicted molar refractivity (Wildman–Crippen MR) is 141 cm³/mol. The first kappa shape index (κ1) is 32.9. The van der Waals surface area contributed by atoms with E-state index in [9.17, 15) is 14.7 Å². The average Bonchev–Trinajstić information content (AvgIpc) is 2.84. The molecule has 0 aliphatic heterocycles. The lowest BCUT2D eigenvalue weighted by molar-refractivity contribution is -0.161. The van der Waals surface area contributed by atoms with E-state index in [0.717, 1.165) is 38.5 Å². The van der Waals surface area contributed by atoms with E-state index in [-0.39, 0.29) is 25.2 Å². The molecule has 0 spiro atoms. The fraction of sp³-hybridized carbons (Fsp3) is 0.931. The van der Waals surface area contributed by atoms with Crippen LogP contribution in [0.2, 0.25) is 0 Å². The number of esters is 2. The summed E-state index contributed by atoms with van der Waals surface area (Å²) in [7, 11) is 0. The van der Waals surface area contributed by atoms with Crippen LogP contribution >= 0.6 is 0 Å².